The molecule has 1 unspecified atom stereocenters. The van der Waals surface area contributed by atoms with Crippen molar-refractivity contribution in [1.29, 1.82) is 0 Å². The lowest BCUT2D eigenvalue weighted by molar-refractivity contribution is 0.668. The van der Waals surface area contributed by atoms with E-state index in [-0.39, 0.29) is 6.17 Å². The second kappa shape index (κ2) is 7.26. The first-order valence-electron chi connectivity index (χ1n) is 10.4. The van der Waals surface area contributed by atoms with E-state index >= 15 is 0 Å². The van der Waals surface area contributed by atoms with Crippen LogP contribution in [0.25, 0.3) is 21.8 Å². The highest BCUT2D eigenvalue weighted by Crippen LogP contribution is 2.30. The number of aliphatic imine (C=N–C) groups is 2. The van der Waals surface area contributed by atoms with E-state index in [9.17, 15) is 0 Å². The van der Waals surface area contributed by atoms with Gasteiger partial charge in [-0.05, 0) is 17.7 Å². The van der Waals surface area contributed by atoms with Gasteiger partial charge in [-0.2, -0.15) is 4.99 Å². The number of benzene rings is 4. The maximum atomic E-state index is 5.05. The summed E-state index contributed by atoms with van der Waals surface area (Å²) < 4.78 is 2.17. The fourth-order valence-corrected chi connectivity index (χ4v) is 4.22. The topological polar surface area (TPSA) is 41.7 Å². The van der Waals surface area contributed by atoms with Crippen molar-refractivity contribution in [2.24, 2.45) is 9.98 Å². The van der Waals surface area contributed by atoms with E-state index in [1.807, 2.05) is 36.4 Å². The quantitative estimate of drug-likeness (QED) is 0.403. The van der Waals surface area contributed by atoms with Crippen molar-refractivity contribution in [3.63, 3.8) is 0 Å². The van der Waals surface area contributed by atoms with Gasteiger partial charge in [-0.3, -0.25) is 4.57 Å². The molecular formula is C27H20N4. The Morgan fingerprint density at radius 2 is 1.16 bits per heavy atom. The van der Waals surface area contributed by atoms with Crippen molar-refractivity contribution in [2.75, 3.05) is 0 Å². The van der Waals surface area contributed by atoms with Gasteiger partial charge in [0.25, 0.3) is 0 Å². The van der Waals surface area contributed by atoms with Gasteiger partial charge in [0.15, 0.2) is 0 Å². The molecule has 1 N–H and O–H groups in total. The van der Waals surface area contributed by atoms with Crippen molar-refractivity contribution in [1.82, 2.24) is 9.88 Å². The van der Waals surface area contributed by atoms with Crippen molar-refractivity contribution >= 4 is 33.6 Å². The van der Waals surface area contributed by atoms with Crippen LogP contribution < -0.4 is 5.32 Å². The van der Waals surface area contributed by atoms with Gasteiger partial charge in [-0.15, -0.1) is 0 Å². The average molecular weight is 400 g/mol. The van der Waals surface area contributed by atoms with Crippen LogP contribution in [0.15, 0.2) is 119 Å². The Labute approximate surface area is 180 Å². The highest BCUT2D eigenvalue weighted by atomic mass is 15.3. The monoisotopic (exact) mass is 400 g/mol. The standard InChI is InChI=1S/C27H20N4/c1-3-11-19(12-4-1)25-28-26(20-13-5-2-6-14-20)30-27(29-25)31-23-17-9-7-15-21(23)22-16-8-10-18-24(22)31/h1-18,25H,(H,28,29,30). The molecule has 0 radical (unpaired) electrons. The van der Waals surface area contributed by atoms with E-state index in [1.54, 1.807) is 0 Å². The number of hydrogen-bond donors (Lipinski definition) is 1. The highest BCUT2D eigenvalue weighted by Gasteiger charge is 2.23. The zero-order valence-electron chi connectivity index (χ0n) is 16.8. The molecule has 148 valence electrons. The first-order valence-corrected chi connectivity index (χ1v) is 10.4. The maximum Gasteiger partial charge on any atom is 0.234 e. The van der Waals surface area contributed by atoms with E-state index in [0.717, 1.165) is 28.0 Å². The van der Waals surface area contributed by atoms with E-state index in [0.29, 0.717) is 5.96 Å². The van der Waals surface area contributed by atoms with Gasteiger partial charge in [0, 0.05) is 16.3 Å². The Kier molecular flexibility index (Phi) is 4.13. The number of nitrogens with zero attached hydrogens (tertiary/aromatic N) is 3. The van der Waals surface area contributed by atoms with Gasteiger partial charge in [0.1, 0.15) is 12.0 Å². The number of aromatic nitrogens is 1. The molecule has 2 heterocycles. The molecule has 0 amide bonds. The van der Waals surface area contributed by atoms with Crippen LogP contribution in [0.4, 0.5) is 0 Å². The second-order valence-corrected chi connectivity index (χ2v) is 7.58. The molecule has 1 aliphatic heterocycles. The third-order valence-electron chi connectivity index (χ3n) is 5.67. The highest BCUT2D eigenvalue weighted by molar-refractivity contribution is 6.17. The smallest absolute Gasteiger partial charge is 0.234 e. The Bertz CT molecular complexity index is 1390. The largest absolute Gasteiger partial charge is 0.344 e. The number of amidine groups is 1. The zero-order valence-corrected chi connectivity index (χ0v) is 16.8. The Morgan fingerprint density at radius 3 is 1.81 bits per heavy atom. The van der Waals surface area contributed by atoms with Gasteiger partial charge >= 0.3 is 0 Å². The SMILES string of the molecule is c1ccc(C2=NC(n3c4ccccc4c4ccccc43)=NC(c3ccccc3)N2)cc1. The molecule has 4 aromatic carbocycles. The van der Waals surface area contributed by atoms with Crippen molar-refractivity contribution in [3.8, 4) is 0 Å². The van der Waals surface area contributed by atoms with E-state index in [4.69, 9.17) is 9.98 Å². The molecule has 1 aliphatic rings. The summed E-state index contributed by atoms with van der Waals surface area (Å²) in [6.07, 6.45) is -0.219. The minimum absolute atomic E-state index is 0.219. The molecule has 4 heteroatoms. The molecular weight excluding hydrogens is 380 g/mol. The summed E-state index contributed by atoms with van der Waals surface area (Å²) in [6.45, 7) is 0. The summed E-state index contributed by atoms with van der Waals surface area (Å²) in [7, 11) is 0. The predicted molar refractivity (Wildman–Crippen MR) is 128 cm³/mol. The van der Waals surface area contributed by atoms with E-state index < -0.39 is 0 Å². The van der Waals surface area contributed by atoms with Gasteiger partial charge in [-0.1, -0.05) is 97.1 Å². The van der Waals surface area contributed by atoms with E-state index in [2.05, 4.69) is 82.7 Å². The molecule has 5 aromatic rings. The minimum atomic E-state index is -0.219. The van der Waals surface area contributed by atoms with Gasteiger partial charge in [0.2, 0.25) is 5.96 Å². The number of hydrogen-bond acceptors (Lipinski definition) is 3. The molecule has 4 nitrogen and oxygen atoms in total. The Balaban J connectivity index is 1.61. The van der Waals surface area contributed by atoms with Crippen LogP contribution in [-0.2, 0) is 0 Å². The Hall–Kier alpha value is -4.18. The van der Waals surface area contributed by atoms with Crippen LogP contribution in [0, 0.1) is 0 Å². The minimum Gasteiger partial charge on any atom is -0.344 e. The van der Waals surface area contributed by atoms with Crippen LogP contribution in [0.1, 0.15) is 17.3 Å². The van der Waals surface area contributed by atoms with Crippen LogP contribution in [-0.4, -0.2) is 16.4 Å². The van der Waals surface area contributed by atoms with Gasteiger partial charge in [0.05, 0.1) is 11.0 Å². The predicted octanol–water partition coefficient (Wildman–Crippen LogP) is 5.75. The number of fused-ring (bicyclic) bond motifs is 3. The summed E-state index contributed by atoms with van der Waals surface area (Å²) in [6, 6.07) is 37.4. The molecule has 31 heavy (non-hydrogen) atoms. The van der Waals surface area contributed by atoms with Crippen LogP contribution in [0.2, 0.25) is 0 Å². The van der Waals surface area contributed by atoms with E-state index in [1.165, 1.54) is 10.8 Å². The van der Waals surface area contributed by atoms with Gasteiger partial charge < -0.3 is 5.32 Å². The molecule has 6 rings (SSSR count). The molecule has 1 atom stereocenters. The number of para-hydroxylation sites is 2. The molecule has 0 aliphatic carbocycles. The fraction of sp³-hybridized carbons (Fsp3) is 0.0370. The van der Waals surface area contributed by atoms with Crippen molar-refractivity contribution < 1.29 is 0 Å². The molecule has 0 saturated carbocycles. The summed E-state index contributed by atoms with van der Waals surface area (Å²) in [4.78, 5) is 10.0. The second-order valence-electron chi connectivity index (χ2n) is 7.58. The molecule has 0 fully saturated rings. The Morgan fingerprint density at radius 1 is 0.613 bits per heavy atom. The average Bonchev–Trinajstić information content (AvgIpc) is 3.19. The summed E-state index contributed by atoms with van der Waals surface area (Å²) in [5.74, 6) is 1.50. The maximum absolute atomic E-state index is 5.05. The number of nitrogens with one attached hydrogen (secondary N) is 1. The lowest BCUT2D eigenvalue weighted by Gasteiger charge is -2.24. The number of rotatable bonds is 2. The van der Waals surface area contributed by atoms with Gasteiger partial charge in [-0.25, -0.2) is 4.99 Å². The lowest BCUT2D eigenvalue weighted by atomic mass is 10.1. The van der Waals surface area contributed by atoms with Crippen molar-refractivity contribution in [3.05, 3.63) is 120 Å². The van der Waals surface area contributed by atoms with Crippen molar-refractivity contribution in [2.45, 2.75) is 6.17 Å². The molecule has 0 saturated heterocycles. The first kappa shape index (κ1) is 17.7. The first-order chi connectivity index (χ1) is 15.4. The summed E-state index contributed by atoms with van der Waals surface area (Å²) in [5, 5.41) is 5.93. The molecule has 1 aromatic heterocycles. The summed E-state index contributed by atoms with van der Waals surface area (Å²) >= 11 is 0. The summed E-state index contributed by atoms with van der Waals surface area (Å²) in [5.41, 5.74) is 4.35. The van der Waals surface area contributed by atoms with Crippen LogP contribution in [0.3, 0.4) is 0 Å². The third kappa shape index (κ3) is 3.01. The zero-order chi connectivity index (χ0) is 20.6. The third-order valence-corrected chi connectivity index (χ3v) is 5.67. The molecule has 0 bridgehead atoms. The molecule has 0 spiro atoms. The van der Waals surface area contributed by atoms with Crippen LogP contribution >= 0.6 is 0 Å². The lowest BCUT2D eigenvalue weighted by Crippen LogP contribution is -2.35. The fourth-order valence-electron chi connectivity index (χ4n) is 4.22. The van der Waals surface area contributed by atoms with Crippen LogP contribution in [0.5, 0.6) is 0 Å². The normalized spacial score (nSPS) is 16.1.